The average molecular weight is 1150 g/mol. The van der Waals surface area contributed by atoms with E-state index in [-0.39, 0.29) is 73.3 Å². The standard InChI is InChI=1S/3C7H7ClO2S.C6H12.2C5H8O2.2C5H10O.C5H8.CH4.B.Na.H/c3*1-6-2-4-7(5-3-6)11(8,9)10;1-2-6-4-3-5-6;2*6-5(7)4-2-1-3-4;2*6-4-5-2-1-3-5;1-5-3-2-4-5;;;;/h3*2-5H,1H3;6H,2-5H2,1H3;2*4H,1-3H2,(H,6,7);2*5-6H,1-4H2;1-4H2;1H4;;;/q;;;;;;;;;;;+1;-1. The third-order valence-electron chi connectivity index (χ3n) is 12.6. The van der Waals surface area contributed by atoms with Gasteiger partial charge in [0.15, 0.2) is 0 Å². The third kappa shape index (κ3) is 35.2. The van der Waals surface area contributed by atoms with Crippen LogP contribution in [0, 0.1) is 50.4 Å². The number of benzene rings is 3. The van der Waals surface area contributed by atoms with E-state index in [0.29, 0.717) is 25.0 Å². The predicted molar refractivity (Wildman–Crippen MR) is 296 cm³/mol. The van der Waals surface area contributed by atoms with Crippen LogP contribution in [-0.4, -0.2) is 79.2 Å². The van der Waals surface area contributed by atoms with Crippen LogP contribution in [0.2, 0.25) is 0 Å². The molecule has 0 bridgehead atoms. The van der Waals surface area contributed by atoms with Crippen LogP contribution in [0.1, 0.15) is 154 Å². The molecular weight excluding hydrogens is 1060 g/mol. The molecule has 6 aliphatic rings. The van der Waals surface area contributed by atoms with Crippen molar-refractivity contribution in [2.75, 3.05) is 13.2 Å². The van der Waals surface area contributed by atoms with Gasteiger partial charge in [-0.05, 0) is 146 Å². The number of allylic oxidation sites excluding steroid dienone is 1. The molecule has 3 aromatic carbocycles. The van der Waals surface area contributed by atoms with Crippen LogP contribution in [0.3, 0.4) is 0 Å². The Bertz CT molecular complexity index is 2060. The molecule has 0 heterocycles. The van der Waals surface area contributed by atoms with Crippen molar-refractivity contribution >= 4 is 79.6 Å². The monoisotopic (exact) mass is 1150 g/mol. The first-order valence-corrected chi connectivity index (χ1v) is 31.1. The molecule has 9 rings (SSSR count). The van der Waals surface area contributed by atoms with Crippen LogP contribution < -0.4 is 29.6 Å². The molecule has 0 unspecified atom stereocenters. The molecular formula is C53H82BCl3NaO12S3. The second-order valence-electron chi connectivity index (χ2n) is 18.5. The van der Waals surface area contributed by atoms with Crippen molar-refractivity contribution in [3.05, 3.63) is 102 Å². The summed E-state index contributed by atoms with van der Waals surface area (Å²) in [5, 5.41) is 33.2. The predicted octanol–water partition coefficient (Wildman–Crippen LogP) is 10.4. The van der Waals surface area contributed by atoms with Gasteiger partial charge in [0.25, 0.3) is 27.2 Å². The maximum atomic E-state index is 10.7. The molecule has 409 valence electrons. The van der Waals surface area contributed by atoms with Gasteiger partial charge in [-0.3, -0.25) is 9.59 Å². The molecule has 0 amide bonds. The zero-order valence-electron chi connectivity index (χ0n) is 43.9. The van der Waals surface area contributed by atoms with Gasteiger partial charge < -0.3 is 21.9 Å². The first kappa shape index (κ1) is 75.3. The normalized spacial score (nSPS) is 16.5. The summed E-state index contributed by atoms with van der Waals surface area (Å²) < 4.78 is 64.3. The topological polar surface area (TPSA) is 217 Å². The number of carbonyl (C=O) groups is 2. The number of hydrogen-bond acceptors (Lipinski definition) is 10. The molecule has 0 aromatic heterocycles. The molecule has 12 nitrogen and oxygen atoms in total. The van der Waals surface area contributed by atoms with Crippen molar-refractivity contribution in [3.8, 4) is 0 Å². The summed E-state index contributed by atoms with van der Waals surface area (Å²) in [7, 11) is 4.61. The van der Waals surface area contributed by atoms with Crippen LogP contribution in [0.25, 0.3) is 0 Å². The van der Waals surface area contributed by atoms with E-state index >= 15 is 0 Å². The fourth-order valence-electron chi connectivity index (χ4n) is 6.09. The first-order chi connectivity index (χ1) is 32.8. The Hall–Kier alpha value is -1.96. The number of aryl methyl sites for hydroxylation is 3. The second-order valence-corrected chi connectivity index (χ2v) is 26.2. The molecule has 4 N–H and O–H groups in total. The molecule has 6 aliphatic carbocycles. The first-order valence-electron chi connectivity index (χ1n) is 24.2. The molecule has 3 radical (unpaired) electrons. The Morgan fingerprint density at radius 2 is 0.726 bits per heavy atom. The van der Waals surface area contributed by atoms with Crippen molar-refractivity contribution in [2.24, 2.45) is 29.6 Å². The number of rotatable bonds is 8. The van der Waals surface area contributed by atoms with E-state index in [4.69, 9.17) is 52.5 Å². The Kier molecular flexibility index (Phi) is 41.5. The molecule has 0 aliphatic heterocycles. The summed E-state index contributed by atoms with van der Waals surface area (Å²) >= 11 is 0. The zero-order chi connectivity index (χ0) is 52.9. The maximum absolute atomic E-state index is 10.7. The fourth-order valence-corrected chi connectivity index (χ4v) is 8.40. The quantitative estimate of drug-likeness (QED) is 0.0941. The summed E-state index contributed by atoms with van der Waals surface area (Å²) in [4.78, 5) is 20.4. The zero-order valence-corrected chi connectivity index (χ0v) is 49.6. The number of carboxylic acids is 2. The van der Waals surface area contributed by atoms with Crippen molar-refractivity contribution in [3.63, 3.8) is 0 Å². The fraction of sp³-hybridized carbons (Fsp3) is 0.585. The van der Waals surface area contributed by atoms with Gasteiger partial charge in [-0.1, -0.05) is 131 Å². The molecule has 6 fully saturated rings. The summed E-state index contributed by atoms with van der Waals surface area (Å²) in [5.74, 6) is 1.22. The summed E-state index contributed by atoms with van der Waals surface area (Å²) in [6.07, 6.45) is 23.4. The van der Waals surface area contributed by atoms with Gasteiger partial charge in [-0.2, -0.15) is 0 Å². The second kappa shape index (κ2) is 40.3. The van der Waals surface area contributed by atoms with Gasteiger partial charge in [-0.15, -0.1) is 0 Å². The van der Waals surface area contributed by atoms with E-state index in [1.54, 1.807) is 36.4 Å². The average Bonchev–Trinajstić information content (AvgIpc) is 3.16. The maximum Gasteiger partial charge on any atom is 1.00 e. The Morgan fingerprint density at radius 1 is 0.507 bits per heavy atom. The minimum Gasteiger partial charge on any atom is -1.00 e. The van der Waals surface area contributed by atoms with Crippen LogP contribution >= 0.6 is 32.0 Å². The van der Waals surface area contributed by atoms with E-state index < -0.39 is 39.1 Å². The number of aliphatic carboxylic acids is 2. The Morgan fingerprint density at radius 3 is 0.781 bits per heavy atom. The smallest absolute Gasteiger partial charge is 1.00 e. The number of halogens is 3. The number of carboxylic acid groups (broad SMARTS) is 2. The van der Waals surface area contributed by atoms with Crippen molar-refractivity contribution in [1.82, 2.24) is 0 Å². The molecule has 73 heavy (non-hydrogen) atoms. The SMILES string of the molecule is C.C=C1CCC1.CCC1CCC1.Cc1ccc(S(=O)(=O)Cl)cc1.Cc1ccc(S(=O)(=O)Cl)cc1.Cc1ccc(S(=O)(=O)Cl)cc1.O=C(O)C1CCC1.O=C(O)C1CCC1.OCC1CCC1.OCC1CCC1.[B].[H-].[Na+]. The molecule has 0 atom stereocenters. The van der Waals surface area contributed by atoms with Crippen LogP contribution in [-0.2, 0) is 36.7 Å². The summed E-state index contributed by atoms with van der Waals surface area (Å²) in [6, 6.07) is 19.1. The van der Waals surface area contributed by atoms with Crippen LogP contribution in [0.5, 0.6) is 0 Å². The minimum absolute atomic E-state index is 0. The van der Waals surface area contributed by atoms with E-state index in [1.807, 2.05) is 20.8 Å². The molecule has 20 heteroatoms. The largest absolute Gasteiger partial charge is 1.00 e. The number of aliphatic hydroxyl groups is 2. The van der Waals surface area contributed by atoms with Crippen molar-refractivity contribution < 1.29 is 86.3 Å². The van der Waals surface area contributed by atoms with Gasteiger partial charge in [0.05, 0.1) is 26.5 Å². The Labute approximate surface area is 478 Å². The summed E-state index contributed by atoms with van der Waals surface area (Å²) in [5.41, 5.74) is 4.46. The van der Waals surface area contributed by atoms with Crippen LogP contribution in [0.15, 0.2) is 99.6 Å². The minimum atomic E-state index is -3.55. The molecule has 0 spiro atoms. The third-order valence-corrected chi connectivity index (χ3v) is 16.8. The van der Waals surface area contributed by atoms with E-state index in [0.717, 1.165) is 61.1 Å². The van der Waals surface area contributed by atoms with Crippen molar-refractivity contribution in [2.45, 2.75) is 172 Å². The van der Waals surface area contributed by atoms with Gasteiger partial charge in [0, 0.05) is 53.7 Å². The van der Waals surface area contributed by atoms with Gasteiger partial charge >= 0.3 is 41.5 Å². The van der Waals surface area contributed by atoms with Gasteiger partial charge in [0.1, 0.15) is 0 Å². The molecule has 0 saturated heterocycles. The van der Waals surface area contributed by atoms with E-state index in [9.17, 15) is 34.8 Å². The van der Waals surface area contributed by atoms with Gasteiger partial charge in [-0.25, -0.2) is 25.3 Å². The summed E-state index contributed by atoms with van der Waals surface area (Å²) in [6.45, 7) is 12.5. The van der Waals surface area contributed by atoms with E-state index in [2.05, 4.69) is 13.5 Å². The molecule has 3 aromatic rings. The van der Waals surface area contributed by atoms with Crippen molar-refractivity contribution in [1.29, 1.82) is 0 Å². The van der Waals surface area contributed by atoms with Crippen LogP contribution in [0.4, 0.5) is 0 Å². The Balaban J connectivity index is -0.000000374. The molecule has 6 saturated carbocycles. The number of aliphatic hydroxyl groups excluding tert-OH is 2. The van der Waals surface area contributed by atoms with Gasteiger partial charge in [0.2, 0.25) is 0 Å². The van der Waals surface area contributed by atoms with E-state index in [1.165, 1.54) is 125 Å². The number of hydrogen-bond donors (Lipinski definition) is 4.